The molecule has 0 spiro atoms. The van der Waals surface area contributed by atoms with Gasteiger partial charge in [-0.15, -0.1) is 11.3 Å². The van der Waals surface area contributed by atoms with Crippen molar-refractivity contribution in [2.45, 2.75) is 45.4 Å². The summed E-state index contributed by atoms with van der Waals surface area (Å²) < 4.78 is 5.44. The quantitative estimate of drug-likeness (QED) is 0.725. The van der Waals surface area contributed by atoms with E-state index < -0.39 is 0 Å². The zero-order valence-electron chi connectivity index (χ0n) is 9.16. The van der Waals surface area contributed by atoms with E-state index in [1.54, 1.807) is 11.3 Å². The Morgan fingerprint density at radius 2 is 2.47 bits per heavy atom. The maximum Gasteiger partial charge on any atom is 0.107 e. The smallest absolute Gasteiger partial charge is 0.107 e. The van der Waals surface area contributed by atoms with Crippen LogP contribution in [0.1, 0.15) is 36.9 Å². The maximum atomic E-state index is 5.44. The van der Waals surface area contributed by atoms with Crippen LogP contribution in [0.25, 0.3) is 0 Å². The van der Waals surface area contributed by atoms with Gasteiger partial charge in [-0.1, -0.05) is 6.92 Å². The summed E-state index contributed by atoms with van der Waals surface area (Å²) in [7, 11) is 0. The van der Waals surface area contributed by atoms with Crippen LogP contribution in [0.3, 0.4) is 0 Å². The minimum atomic E-state index is 0.660. The third kappa shape index (κ3) is 3.89. The summed E-state index contributed by atoms with van der Waals surface area (Å²) in [4.78, 5) is 4.51. The molecule has 4 heteroatoms. The highest BCUT2D eigenvalue weighted by atomic mass is 32.1. The molecular formula is C11H18N2OS. The van der Waals surface area contributed by atoms with E-state index in [0.717, 1.165) is 31.3 Å². The lowest BCUT2D eigenvalue weighted by atomic mass is 10.5. The van der Waals surface area contributed by atoms with Crippen LogP contribution in [0.2, 0.25) is 0 Å². The van der Waals surface area contributed by atoms with Crippen LogP contribution in [-0.4, -0.2) is 17.6 Å². The number of nitrogens with zero attached hydrogens (tertiary/aromatic N) is 1. The Hall–Kier alpha value is -0.450. The van der Waals surface area contributed by atoms with Crippen molar-refractivity contribution in [3.8, 4) is 0 Å². The Morgan fingerprint density at radius 1 is 1.60 bits per heavy atom. The lowest BCUT2D eigenvalue weighted by molar-refractivity contribution is 0.119. The van der Waals surface area contributed by atoms with Gasteiger partial charge in [0.05, 0.1) is 12.3 Å². The van der Waals surface area contributed by atoms with Crippen LogP contribution in [0, 0.1) is 0 Å². The summed E-state index contributed by atoms with van der Waals surface area (Å²) in [5.74, 6) is 0. The van der Waals surface area contributed by atoms with Gasteiger partial charge in [-0.2, -0.15) is 0 Å². The van der Waals surface area contributed by atoms with Gasteiger partial charge in [-0.05, 0) is 19.3 Å². The molecule has 0 saturated heterocycles. The van der Waals surface area contributed by atoms with Crippen molar-refractivity contribution in [2.24, 2.45) is 0 Å². The lowest BCUT2D eigenvalue weighted by Gasteiger charge is -1.99. The van der Waals surface area contributed by atoms with Gasteiger partial charge in [-0.25, -0.2) is 4.98 Å². The Kier molecular flexibility index (Phi) is 4.11. The van der Waals surface area contributed by atoms with Crippen molar-refractivity contribution in [3.63, 3.8) is 0 Å². The molecule has 1 aromatic rings. The first-order valence-electron chi connectivity index (χ1n) is 5.63. The zero-order chi connectivity index (χ0) is 10.5. The largest absolute Gasteiger partial charge is 0.375 e. The first-order valence-corrected chi connectivity index (χ1v) is 6.51. The van der Waals surface area contributed by atoms with E-state index >= 15 is 0 Å². The van der Waals surface area contributed by atoms with E-state index in [0.29, 0.717) is 6.61 Å². The molecule has 15 heavy (non-hydrogen) atoms. The second kappa shape index (κ2) is 5.58. The highest BCUT2D eigenvalue weighted by Gasteiger charge is 2.20. The molecule has 1 fully saturated rings. The average Bonchev–Trinajstić information content (AvgIpc) is 2.97. The third-order valence-electron chi connectivity index (χ3n) is 2.32. The summed E-state index contributed by atoms with van der Waals surface area (Å²) in [6.45, 7) is 4.52. The topological polar surface area (TPSA) is 34.1 Å². The highest BCUT2D eigenvalue weighted by Crippen LogP contribution is 2.20. The second-order valence-corrected chi connectivity index (χ2v) is 4.88. The molecule has 1 heterocycles. The van der Waals surface area contributed by atoms with Crippen molar-refractivity contribution in [2.75, 3.05) is 6.61 Å². The molecule has 2 rings (SSSR count). The molecule has 0 unspecified atom stereocenters. The van der Waals surface area contributed by atoms with Crippen LogP contribution < -0.4 is 5.32 Å². The fraction of sp³-hybridized carbons (Fsp3) is 0.727. The number of aromatic nitrogens is 1. The Balaban J connectivity index is 1.70. The van der Waals surface area contributed by atoms with Crippen LogP contribution in [-0.2, 0) is 17.9 Å². The molecule has 0 radical (unpaired) electrons. The molecule has 1 aromatic heterocycles. The summed E-state index contributed by atoms with van der Waals surface area (Å²) in [6.07, 6.45) is 3.73. The Bertz CT molecular complexity index is 297. The molecule has 1 aliphatic rings. The van der Waals surface area contributed by atoms with Gasteiger partial charge >= 0.3 is 0 Å². The molecule has 1 aliphatic carbocycles. The summed E-state index contributed by atoms with van der Waals surface area (Å²) in [5.41, 5.74) is 1.07. The second-order valence-electron chi connectivity index (χ2n) is 3.94. The predicted octanol–water partition coefficient (Wildman–Crippen LogP) is 2.32. The Labute approximate surface area is 94.9 Å². The molecule has 1 N–H and O–H groups in total. The minimum Gasteiger partial charge on any atom is -0.375 e. The molecule has 0 bridgehead atoms. The van der Waals surface area contributed by atoms with Gasteiger partial charge in [0.15, 0.2) is 0 Å². The van der Waals surface area contributed by atoms with Crippen LogP contribution in [0.5, 0.6) is 0 Å². The van der Waals surface area contributed by atoms with Gasteiger partial charge in [0.25, 0.3) is 0 Å². The standard InChI is InChI=1S/C11H18N2OS/c1-2-5-14-7-10-8-15-11(13-10)6-12-9-3-4-9/h8-9,12H,2-7H2,1H3. The van der Waals surface area contributed by atoms with Crippen molar-refractivity contribution in [1.29, 1.82) is 0 Å². The number of hydrogen-bond acceptors (Lipinski definition) is 4. The molecule has 3 nitrogen and oxygen atoms in total. The van der Waals surface area contributed by atoms with Crippen molar-refractivity contribution < 1.29 is 4.74 Å². The van der Waals surface area contributed by atoms with Crippen molar-refractivity contribution in [1.82, 2.24) is 10.3 Å². The number of hydrogen-bond donors (Lipinski definition) is 1. The number of rotatable bonds is 7. The minimum absolute atomic E-state index is 0.660. The number of thiazole rings is 1. The van der Waals surface area contributed by atoms with Crippen LogP contribution in [0.4, 0.5) is 0 Å². The van der Waals surface area contributed by atoms with E-state index in [2.05, 4.69) is 22.6 Å². The zero-order valence-corrected chi connectivity index (χ0v) is 9.98. The van der Waals surface area contributed by atoms with Gasteiger partial charge < -0.3 is 10.1 Å². The average molecular weight is 226 g/mol. The van der Waals surface area contributed by atoms with Crippen molar-refractivity contribution >= 4 is 11.3 Å². The van der Waals surface area contributed by atoms with Gasteiger partial charge in [-0.3, -0.25) is 0 Å². The third-order valence-corrected chi connectivity index (χ3v) is 3.21. The Morgan fingerprint density at radius 3 is 3.20 bits per heavy atom. The number of nitrogens with one attached hydrogen (secondary N) is 1. The lowest BCUT2D eigenvalue weighted by Crippen LogP contribution is -2.15. The SMILES string of the molecule is CCCOCc1csc(CNC2CC2)n1. The molecule has 0 amide bonds. The first kappa shape index (κ1) is 11.0. The van der Waals surface area contributed by atoms with Crippen LogP contribution >= 0.6 is 11.3 Å². The predicted molar refractivity (Wildman–Crippen MR) is 61.9 cm³/mol. The van der Waals surface area contributed by atoms with Gasteiger partial charge in [0.1, 0.15) is 5.01 Å². The molecule has 0 aromatic carbocycles. The highest BCUT2D eigenvalue weighted by molar-refractivity contribution is 7.09. The van der Waals surface area contributed by atoms with E-state index in [1.807, 2.05) is 0 Å². The summed E-state index contributed by atoms with van der Waals surface area (Å²) in [5, 5.41) is 6.74. The van der Waals surface area contributed by atoms with Gasteiger partial charge in [0, 0.05) is 24.6 Å². The molecule has 1 saturated carbocycles. The summed E-state index contributed by atoms with van der Waals surface area (Å²) >= 11 is 1.72. The number of ether oxygens (including phenoxy) is 1. The van der Waals surface area contributed by atoms with Crippen molar-refractivity contribution in [3.05, 3.63) is 16.1 Å². The van der Waals surface area contributed by atoms with E-state index in [1.165, 1.54) is 17.8 Å². The normalized spacial score (nSPS) is 15.8. The van der Waals surface area contributed by atoms with Crippen LogP contribution in [0.15, 0.2) is 5.38 Å². The monoisotopic (exact) mass is 226 g/mol. The molecule has 0 atom stereocenters. The van der Waals surface area contributed by atoms with E-state index in [-0.39, 0.29) is 0 Å². The van der Waals surface area contributed by atoms with E-state index in [9.17, 15) is 0 Å². The van der Waals surface area contributed by atoms with Gasteiger partial charge in [0.2, 0.25) is 0 Å². The molecule has 84 valence electrons. The fourth-order valence-electron chi connectivity index (χ4n) is 1.34. The maximum absolute atomic E-state index is 5.44. The fourth-order valence-corrected chi connectivity index (χ4v) is 2.07. The van der Waals surface area contributed by atoms with E-state index in [4.69, 9.17) is 4.74 Å². The molecular weight excluding hydrogens is 208 g/mol. The molecule has 0 aliphatic heterocycles. The summed E-state index contributed by atoms with van der Waals surface area (Å²) in [6, 6.07) is 0.758. The first-order chi connectivity index (χ1) is 7.38.